The van der Waals surface area contributed by atoms with Crippen molar-refractivity contribution in [1.82, 2.24) is 5.32 Å². The molecule has 98 valence electrons. The van der Waals surface area contributed by atoms with E-state index in [9.17, 15) is 4.79 Å². The summed E-state index contributed by atoms with van der Waals surface area (Å²) in [7, 11) is 1.68. The Bertz CT molecular complexity index is 380. The topological polar surface area (TPSA) is 47.6 Å². The predicted molar refractivity (Wildman–Crippen MR) is 68.2 cm³/mol. The van der Waals surface area contributed by atoms with Crippen LogP contribution in [0.25, 0.3) is 0 Å². The number of benzene rings is 1. The first-order valence-corrected chi connectivity index (χ1v) is 6.29. The number of carbonyl (C=O) groups is 1. The van der Waals surface area contributed by atoms with Crippen LogP contribution in [0.4, 0.5) is 4.79 Å². The van der Waals surface area contributed by atoms with Crippen LogP contribution >= 0.6 is 0 Å². The summed E-state index contributed by atoms with van der Waals surface area (Å²) in [4.78, 5) is 11.6. The molecule has 0 heterocycles. The standard InChI is InChI=1S/C14H19NO3/c1-17-13-9-5-8-12(13)15-14(16)18-10-11-6-3-2-4-7-11/h2-4,6-7,12-13H,5,8-10H2,1H3,(H,15,16)/t12-,13-/m1/s1. The summed E-state index contributed by atoms with van der Waals surface area (Å²) in [5.41, 5.74) is 0.988. The Kier molecular flexibility index (Phi) is 4.59. The fourth-order valence-corrected chi connectivity index (χ4v) is 2.29. The summed E-state index contributed by atoms with van der Waals surface area (Å²) in [6.07, 6.45) is 2.79. The van der Waals surface area contributed by atoms with Gasteiger partial charge in [0.1, 0.15) is 6.61 Å². The molecule has 18 heavy (non-hydrogen) atoms. The molecule has 4 nitrogen and oxygen atoms in total. The highest BCUT2D eigenvalue weighted by atomic mass is 16.5. The summed E-state index contributed by atoms with van der Waals surface area (Å²) < 4.78 is 10.5. The van der Waals surface area contributed by atoms with E-state index in [2.05, 4.69) is 5.32 Å². The fraction of sp³-hybridized carbons (Fsp3) is 0.500. The molecule has 0 aliphatic heterocycles. The van der Waals surface area contributed by atoms with Gasteiger partial charge in [0.05, 0.1) is 12.1 Å². The van der Waals surface area contributed by atoms with Crippen molar-refractivity contribution in [1.29, 1.82) is 0 Å². The molecule has 1 amide bonds. The largest absolute Gasteiger partial charge is 0.445 e. The molecule has 2 atom stereocenters. The Morgan fingerprint density at radius 3 is 2.83 bits per heavy atom. The zero-order chi connectivity index (χ0) is 12.8. The molecule has 0 aromatic heterocycles. The molecule has 1 aromatic rings. The molecule has 0 spiro atoms. The molecule has 1 aliphatic rings. The van der Waals surface area contributed by atoms with E-state index in [-0.39, 0.29) is 18.2 Å². The summed E-state index contributed by atoms with van der Waals surface area (Å²) >= 11 is 0. The minimum atomic E-state index is -0.368. The Labute approximate surface area is 107 Å². The van der Waals surface area contributed by atoms with Crippen LogP contribution in [0.15, 0.2) is 30.3 Å². The maximum atomic E-state index is 11.6. The molecule has 0 saturated heterocycles. The second kappa shape index (κ2) is 6.40. The van der Waals surface area contributed by atoms with Gasteiger partial charge in [0.15, 0.2) is 0 Å². The molecule has 1 aromatic carbocycles. The average Bonchev–Trinajstić information content (AvgIpc) is 2.85. The number of methoxy groups -OCH3 is 1. The van der Waals surface area contributed by atoms with Crippen LogP contribution in [0.5, 0.6) is 0 Å². The van der Waals surface area contributed by atoms with Crippen LogP contribution in [0, 0.1) is 0 Å². The molecular weight excluding hydrogens is 230 g/mol. The van der Waals surface area contributed by atoms with E-state index in [0.29, 0.717) is 6.61 Å². The summed E-state index contributed by atoms with van der Waals surface area (Å²) in [6, 6.07) is 9.73. The summed E-state index contributed by atoms with van der Waals surface area (Å²) in [6.45, 7) is 0.303. The van der Waals surface area contributed by atoms with Crippen molar-refractivity contribution in [2.24, 2.45) is 0 Å². The van der Waals surface area contributed by atoms with Crippen LogP contribution in [0.3, 0.4) is 0 Å². The molecule has 4 heteroatoms. The average molecular weight is 249 g/mol. The van der Waals surface area contributed by atoms with Crippen LogP contribution in [0.2, 0.25) is 0 Å². The van der Waals surface area contributed by atoms with E-state index in [4.69, 9.17) is 9.47 Å². The number of ether oxygens (including phenoxy) is 2. The second-order valence-corrected chi connectivity index (χ2v) is 4.52. The van der Waals surface area contributed by atoms with Crippen molar-refractivity contribution >= 4 is 6.09 Å². The van der Waals surface area contributed by atoms with Crippen molar-refractivity contribution < 1.29 is 14.3 Å². The van der Waals surface area contributed by atoms with E-state index in [1.807, 2.05) is 30.3 Å². The summed E-state index contributed by atoms with van der Waals surface area (Å²) in [5.74, 6) is 0. The van der Waals surface area contributed by atoms with Gasteiger partial charge >= 0.3 is 6.09 Å². The first kappa shape index (κ1) is 12.9. The number of carbonyl (C=O) groups excluding carboxylic acids is 1. The Balaban J connectivity index is 1.75. The van der Waals surface area contributed by atoms with Gasteiger partial charge in [-0.15, -0.1) is 0 Å². The van der Waals surface area contributed by atoms with Crippen molar-refractivity contribution in [3.8, 4) is 0 Å². The third-order valence-corrected chi connectivity index (χ3v) is 3.27. The summed E-state index contributed by atoms with van der Waals surface area (Å²) in [5, 5.41) is 2.86. The van der Waals surface area contributed by atoms with E-state index in [0.717, 1.165) is 24.8 Å². The second-order valence-electron chi connectivity index (χ2n) is 4.52. The number of alkyl carbamates (subject to hydrolysis) is 1. The van der Waals surface area contributed by atoms with Gasteiger partial charge in [-0.3, -0.25) is 0 Å². The molecule has 2 rings (SSSR count). The smallest absolute Gasteiger partial charge is 0.407 e. The van der Waals surface area contributed by atoms with E-state index in [1.54, 1.807) is 7.11 Å². The van der Waals surface area contributed by atoms with Crippen molar-refractivity contribution in [2.75, 3.05) is 7.11 Å². The van der Waals surface area contributed by atoms with E-state index < -0.39 is 0 Å². The Hall–Kier alpha value is -1.55. The lowest BCUT2D eigenvalue weighted by Crippen LogP contribution is -2.40. The molecule has 0 unspecified atom stereocenters. The fourth-order valence-electron chi connectivity index (χ4n) is 2.29. The monoisotopic (exact) mass is 249 g/mol. The Morgan fingerprint density at radius 1 is 1.33 bits per heavy atom. The van der Waals surface area contributed by atoms with Crippen molar-refractivity contribution in [3.05, 3.63) is 35.9 Å². The van der Waals surface area contributed by atoms with E-state index in [1.165, 1.54) is 0 Å². The number of nitrogens with one attached hydrogen (secondary N) is 1. The molecule has 1 aliphatic carbocycles. The van der Waals surface area contributed by atoms with Crippen LogP contribution in [-0.2, 0) is 16.1 Å². The maximum Gasteiger partial charge on any atom is 0.407 e. The van der Waals surface area contributed by atoms with Gasteiger partial charge in [-0.05, 0) is 24.8 Å². The first-order chi connectivity index (χ1) is 8.79. The minimum Gasteiger partial charge on any atom is -0.445 e. The van der Waals surface area contributed by atoms with Gasteiger partial charge in [0.2, 0.25) is 0 Å². The third-order valence-electron chi connectivity index (χ3n) is 3.27. The normalized spacial score (nSPS) is 22.7. The van der Waals surface area contributed by atoms with Gasteiger partial charge < -0.3 is 14.8 Å². The van der Waals surface area contributed by atoms with Gasteiger partial charge in [0.25, 0.3) is 0 Å². The predicted octanol–water partition coefficient (Wildman–Crippen LogP) is 2.48. The van der Waals surface area contributed by atoms with Crippen LogP contribution in [-0.4, -0.2) is 25.3 Å². The van der Waals surface area contributed by atoms with E-state index >= 15 is 0 Å². The molecule has 1 fully saturated rings. The quantitative estimate of drug-likeness (QED) is 0.891. The van der Waals surface area contributed by atoms with Crippen LogP contribution in [0.1, 0.15) is 24.8 Å². The maximum absolute atomic E-state index is 11.6. The lowest BCUT2D eigenvalue weighted by atomic mass is 10.2. The van der Waals surface area contributed by atoms with Crippen molar-refractivity contribution in [2.45, 2.75) is 38.0 Å². The lowest BCUT2D eigenvalue weighted by Gasteiger charge is -2.19. The van der Waals surface area contributed by atoms with Gasteiger partial charge in [-0.1, -0.05) is 30.3 Å². The highest BCUT2D eigenvalue weighted by Crippen LogP contribution is 2.21. The number of rotatable bonds is 4. The lowest BCUT2D eigenvalue weighted by molar-refractivity contribution is 0.0770. The van der Waals surface area contributed by atoms with Gasteiger partial charge in [-0.2, -0.15) is 0 Å². The molecular formula is C14H19NO3. The zero-order valence-corrected chi connectivity index (χ0v) is 10.6. The van der Waals surface area contributed by atoms with Gasteiger partial charge in [-0.25, -0.2) is 4.79 Å². The highest BCUT2D eigenvalue weighted by Gasteiger charge is 2.28. The number of hydrogen-bond donors (Lipinski definition) is 1. The Morgan fingerprint density at radius 2 is 2.11 bits per heavy atom. The zero-order valence-electron chi connectivity index (χ0n) is 10.6. The van der Waals surface area contributed by atoms with Gasteiger partial charge in [0, 0.05) is 7.11 Å². The molecule has 1 saturated carbocycles. The molecule has 0 bridgehead atoms. The van der Waals surface area contributed by atoms with Crippen molar-refractivity contribution in [3.63, 3.8) is 0 Å². The third kappa shape index (κ3) is 3.47. The first-order valence-electron chi connectivity index (χ1n) is 6.29. The number of amides is 1. The highest BCUT2D eigenvalue weighted by molar-refractivity contribution is 5.67. The molecule has 1 N–H and O–H groups in total. The minimum absolute atomic E-state index is 0.0817. The molecule has 0 radical (unpaired) electrons. The van der Waals surface area contributed by atoms with Crippen LogP contribution < -0.4 is 5.32 Å². The number of hydrogen-bond acceptors (Lipinski definition) is 3. The SMILES string of the molecule is CO[C@@H]1CCC[C@H]1NC(=O)OCc1ccccc1.